The number of nitrogens with zero attached hydrogens (tertiary/aromatic N) is 1. The highest BCUT2D eigenvalue weighted by molar-refractivity contribution is 5.85. The number of carboxylic acid groups (broad SMARTS) is 1. The molecule has 4 heteroatoms. The van der Waals surface area contributed by atoms with Crippen molar-refractivity contribution in [3.05, 3.63) is 41.2 Å². The average molecular weight is 263 g/mol. The smallest absolute Gasteiger partial charge is 0.328 e. The standard InChI is InChI=1S/C15H18FNO2/c1-17(13-3-2-4-13)10-12-7-5-11(9-14(12)16)6-8-15(18)19/h5-9,13H,2-4,10H2,1H3,(H,18,19)/b8-6+. The molecule has 0 radical (unpaired) electrons. The molecule has 1 aromatic rings. The van der Waals surface area contributed by atoms with Gasteiger partial charge in [-0.15, -0.1) is 0 Å². The van der Waals surface area contributed by atoms with Crippen LogP contribution in [0.3, 0.4) is 0 Å². The first kappa shape index (κ1) is 13.7. The summed E-state index contributed by atoms with van der Waals surface area (Å²) in [6, 6.07) is 5.42. The van der Waals surface area contributed by atoms with Crippen LogP contribution < -0.4 is 0 Å². The Morgan fingerprint density at radius 3 is 2.79 bits per heavy atom. The highest BCUT2D eigenvalue weighted by Gasteiger charge is 2.22. The molecule has 1 aliphatic carbocycles. The third-order valence-corrected chi connectivity index (χ3v) is 3.61. The summed E-state index contributed by atoms with van der Waals surface area (Å²) in [5.41, 5.74) is 1.22. The van der Waals surface area contributed by atoms with E-state index in [0.717, 1.165) is 6.08 Å². The third kappa shape index (κ3) is 3.64. The summed E-state index contributed by atoms with van der Waals surface area (Å²) in [6.45, 7) is 0.597. The Kier molecular flexibility index (Phi) is 4.32. The third-order valence-electron chi connectivity index (χ3n) is 3.61. The molecule has 19 heavy (non-hydrogen) atoms. The Hall–Kier alpha value is -1.68. The van der Waals surface area contributed by atoms with Gasteiger partial charge in [-0.25, -0.2) is 9.18 Å². The maximum atomic E-state index is 13.9. The van der Waals surface area contributed by atoms with Crippen molar-refractivity contribution in [3.63, 3.8) is 0 Å². The van der Waals surface area contributed by atoms with Crippen molar-refractivity contribution in [2.45, 2.75) is 31.8 Å². The molecule has 3 nitrogen and oxygen atoms in total. The molecule has 0 heterocycles. The average Bonchev–Trinajstić information content (AvgIpc) is 2.27. The molecule has 1 saturated carbocycles. The van der Waals surface area contributed by atoms with Gasteiger partial charge in [0.2, 0.25) is 0 Å². The quantitative estimate of drug-likeness (QED) is 0.830. The van der Waals surface area contributed by atoms with E-state index in [2.05, 4.69) is 4.90 Å². The van der Waals surface area contributed by atoms with Crippen LogP contribution in [0.25, 0.3) is 6.08 Å². The fourth-order valence-electron chi connectivity index (χ4n) is 2.19. The minimum atomic E-state index is -1.03. The molecule has 0 atom stereocenters. The highest BCUT2D eigenvalue weighted by atomic mass is 19.1. The molecule has 0 unspecified atom stereocenters. The van der Waals surface area contributed by atoms with Gasteiger partial charge in [-0.2, -0.15) is 0 Å². The molecular weight excluding hydrogens is 245 g/mol. The summed E-state index contributed by atoms with van der Waals surface area (Å²) in [6.07, 6.45) is 6.05. The minimum absolute atomic E-state index is 0.279. The number of hydrogen-bond acceptors (Lipinski definition) is 2. The summed E-state index contributed by atoms with van der Waals surface area (Å²) in [4.78, 5) is 12.6. The summed E-state index contributed by atoms with van der Waals surface area (Å²) >= 11 is 0. The Bertz CT molecular complexity index is 495. The van der Waals surface area contributed by atoms with Crippen LogP contribution in [-0.2, 0) is 11.3 Å². The van der Waals surface area contributed by atoms with E-state index in [-0.39, 0.29) is 5.82 Å². The number of halogens is 1. The zero-order chi connectivity index (χ0) is 13.8. The van der Waals surface area contributed by atoms with Crippen LogP contribution in [0, 0.1) is 5.82 Å². The van der Waals surface area contributed by atoms with Crippen LogP contribution in [-0.4, -0.2) is 29.1 Å². The summed E-state index contributed by atoms with van der Waals surface area (Å²) in [5, 5.41) is 8.53. The molecule has 0 aromatic heterocycles. The lowest BCUT2D eigenvalue weighted by Crippen LogP contribution is -2.36. The molecule has 0 saturated heterocycles. The lowest BCUT2D eigenvalue weighted by atomic mass is 9.91. The second kappa shape index (κ2) is 5.97. The Balaban J connectivity index is 2.04. The zero-order valence-electron chi connectivity index (χ0n) is 11.0. The van der Waals surface area contributed by atoms with Gasteiger partial charge in [0.05, 0.1) is 0 Å². The van der Waals surface area contributed by atoms with Gasteiger partial charge >= 0.3 is 5.97 Å². The van der Waals surface area contributed by atoms with Gasteiger partial charge in [-0.1, -0.05) is 18.6 Å². The number of carboxylic acids is 1. The van der Waals surface area contributed by atoms with Gasteiger partial charge in [0.1, 0.15) is 5.82 Å². The van der Waals surface area contributed by atoms with Crippen molar-refractivity contribution in [3.8, 4) is 0 Å². The minimum Gasteiger partial charge on any atom is -0.478 e. The van der Waals surface area contributed by atoms with E-state index in [0.29, 0.717) is 23.7 Å². The topological polar surface area (TPSA) is 40.5 Å². The van der Waals surface area contributed by atoms with E-state index in [1.165, 1.54) is 31.4 Å². The van der Waals surface area contributed by atoms with E-state index in [1.807, 2.05) is 7.05 Å². The first-order valence-corrected chi connectivity index (χ1v) is 6.46. The van der Waals surface area contributed by atoms with Crippen molar-refractivity contribution >= 4 is 12.0 Å². The molecule has 1 fully saturated rings. The van der Waals surface area contributed by atoms with E-state index in [4.69, 9.17) is 5.11 Å². The molecule has 1 aromatic carbocycles. The van der Waals surface area contributed by atoms with Gasteiger partial charge in [-0.05, 0) is 37.6 Å². The van der Waals surface area contributed by atoms with Crippen molar-refractivity contribution in [2.24, 2.45) is 0 Å². The number of benzene rings is 1. The van der Waals surface area contributed by atoms with E-state index < -0.39 is 5.97 Å². The van der Waals surface area contributed by atoms with Crippen molar-refractivity contribution in [2.75, 3.05) is 7.05 Å². The van der Waals surface area contributed by atoms with Gasteiger partial charge in [0, 0.05) is 24.2 Å². The largest absolute Gasteiger partial charge is 0.478 e. The van der Waals surface area contributed by atoms with Crippen molar-refractivity contribution in [1.82, 2.24) is 4.90 Å². The van der Waals surface area contributed by atoms with Crippen molar-refractivity contribution < 1.29 is 14.3 Å². The Morgan fingerprint density at radius 1 is 1.53 bits per heavy atom. The van der Waals surface area contributed by atoms with E-state index in [9.17, 15) is 9.18 Å². The summed E-state index contributed by atoms with van der Waals surface area (Å²) in [5.74, 6) is -1.31. The molecule has 0 bridgehead atoms. The van der Waals surface area contributed by atoms with E-state index >= 15 is 0 Å². The first-order valence-electron chi connectivity index (χ1n) is 6.46. The van der Waals surface area contributed by atoms with E-state index in [1.54, 1.807) is 12.1 Å². The van der Waals surface area contributed by atoms with Crippen LogP contribution in [0.5, 0.6) is 0 Å². The molecular formula is C15H18FNO2. The molecule has 102 valence electrons. The summed E-state index contributed by atoms with van der Waals surface area (Å²) < 4.78 is 13.9. The van der Waals surface area contributed by atoms with Gasteiger partial charge in [-0.3, -0.25) is 4.90 Å². The molecule has 2 rings (SSSR count). The number of hydrogen-bond donors (Lipinski definition) is 1. The number of carbonyl (C=O) groups is 1. The maximum Gasteiger partial charge on any atom is 0.328 e. The van der Waals surface area contributed by atoms with Crippen LogP contribution in [0.1, 0.15) is 30.4 Å². The zero-order valence-corrected chi connectivity index (χ0v) is 11.0. The molecule has 0 spiro atoms. The monoisotopic (exact) mass is 263 g/mol. The second-order valence-corrected chi connectivity index (χ2v) is 5.02. The van der Waals surface area contributed by atoms with Gasteiger partial charge in [0.25, 0.3) is 0 Å². The Labute approximate surface area is 112 Å². The lowest BCUT2D eigenvalue weighted by Gasteiger charge is -2.34. The van der Waals surface area contributed by atoms with Crippen LogP contribution >= 0.6 is 0 Å². The number of rotatable bonds is 5. The summed E-state index contributed by atoms with van der Waals surface area (Å²) in [7, 11) is 2.02. The maximum absolute atomic E-state index is 13.9. The van der Waals surface area contributed by atoms with Crippen LogP contribution in [0.4, 0.5) is 4.39 Å². The normalized spacial score (nSPS) is 15.9. The van der Waals surface area contributed by atoms with Gasteiger partial charge in [0.15, 0.2) is 0 Å². The second-order valence-electron chi connectivity index (χ2n) is 5.02. The fraction of sp³-hybridized carbons (Fsp3) is 0.400. The first-order chi connectivity index (χ1) is 9.06. The fourth-order valence-corrected chi connectivity index (χ4v) is 2.19. The predicted molar refractivity (Wildman–Crippen MR) is 72.2 cm³/mol. The predicted octanol–water partition coefficient (Wildman–Crippen LogP) is 2.91. The molecule has 0 amide bonds. The highest BCUT2D eigenvalue weighted by Crippen LogP contribution is 2.25. The lowest BCUT2D eigenvalue weighted by molar-refractivity contribution is -0.131. The SMILES string of the molecule is CN(Cc1ccc(/C=C/C(=O)O)cc1F)C1CCC1. The van der Waals surface area contributed by atoms with Gasteiger partial charge < -0.3 is 5.11 Å². The Morgan fingerprint density at radius 2 is 2.26 bits per heavy atom. The van der Waals surface area contributed by atoms with Crippen molar-refractivity contribution in [1.29, 1.82) is 0 Å². The number of aliphatic carboxylic acids is 1. The molecule has 0 aliphatic heterocycles. The molecule has 1 N–H and O–H groups in total. The van der Waals surface area contributed by atoms with Crippen LogP contribution in [0.2, 0.25) is 0 Å². The van der Waals surface area contributed by atoms with Crippen LogP contribution in [0.15, 0.2) is 24.3 Å². The molecule has 1 aliphatic rings.